The molecule has 0 atom stereocenters. The minimum Gasteiger partial charge on any atom is -0.493 e. The third-order valence-corrected chi connectivity index (χ3v) is 3.90. The maximum Gasteiger partial charge on any atom is 0.262 e. The highest BCUT2D eigenvalue weighted by molar-refractivity contribution is 7.23. The van der Waals surface area contributed by atoms with E-state index in [2.05, 4.69) is 4.98 Å². The summed E-state index contributed by atoms with van der Waals surface area (Å²) in [6.45, 7) is 4.05. The number of nitrogens with zero attached hydrogens (tertiary/aromatic N) is 2. The smallest absolute Gasteiger partial charge is 0.262 e. The van der Waals surface area contributed by atoms with Crippen molar-refractivity contribution in [2.45, 2.75) is 13.8 Å². The Kier molecular flexibility index (Phi) is 2.00. The summed E-state index contributed by atoms with van der Waals surface area (Å²) in [5.41, 5.74) is 2.92. The van der Waals surface area contributed by atoms with Crippen molar-refractivity contribution in [3.8, 4) is 5.88 Å². The molecule has 0 bridgehead atoms. The van der Waals surface area contributed by atoms with Crippen LogP contribution in [0.5, 0.6) is 5.88 Å². The summed E-state index contributed by atoms with van der Waals surface area (Å²) in [5, 5.41) is 9.33. The van der Waals surface area contributed by atoms with Gasteiger partial charge in [0.15, 0.2) is 0 Å². The number of rotatable bonds is 0. The molecular weight excluding hydrogens is 236 g/mol. The van der Waals surface area contributed by atoms with Crippen LogP contribution in [-0.2, 0) is 0 Å². The molecule has 2 aromatic heterocycles. The molecular formula is C12H10N2O2S. The molecule has 0 amide bonds. The standard InChI is InChI=1S/C12H10N2O2S/c1-6-3-8-9(4-7(6)2)17-12-13-10(15)5-11(16)14(8)12/h3-5,15H,1-2H3. The van der Waals surface area contributed by atoms with Crippen LogP contribution in [-0.4, -0.2) is 14.5 Å². The van der Waals surface area contributed by atoms with Gasteiger partial charge in [0.25, 0.3) is 5.56 Å². The summed E-state index contributed by atoms with van der Waals surface area (Å²) in [7, 11) is 0. The first-order valence-corrected chi connectivity index (χ1v) is 6.00. The molecule has 0 aliphatic carbocycles. The van der Waals surface area contributed by atoms with Crippen LogP contribution in [0.15, 0.2) is 23.0 Å². The maximum absolute atomic E-state index is 11.8. The van der Waals surface area contributed by atoms with Crippen molar-refractivity contribution in [2.75, 3.05) is 0 Å². The lowest BCUT2D eigenvalue weighted by atomic mass is 10.1. The highest BCUT2D eigenvalue weighted by Crippen LogP contribution is 2.27. The topological polar surface area (TPSA) is 54.6 Å². The van der Waals surface area contributed by atoms with Gasteiger partial charge in [-0.05, 0) is 37.1 Å². The van der Waals surface area contributed by atoms with Gasteiger partial charge in [-0.15, -0.1) is 0 Å². The van der Waals surface area contributed by atoms with Crippen LogP contribution in [0.3, 0.4) is 0 Å². The summed E-state index contributed by atoms with van der Waals surface area (Å²) < 4.78 is 2.54. The highest BCUT2D eigenvalue weighted by Gasteiger charge is 2.10. The van der Waals surface area contributed by atoms with E-state index in [0.717, 1.165) is 21.8 Å². The fraction of sp³-hybridized carbons (Fsp3) is 0.167. The molecule has 0 aliphatic heterocycles. The first-order valence-electron chi connectivity index (χ1n) is 5.19. The second-order valence-electron chi connectivity index (χ2n) is 4.08. The molecule has 0 fully saturated rings. The molecule has 0 aliphatic rings. The molecule has 2 heterocycles. The van der Waals surface area contributed by atoms with Crippen LogP contribution in [0.25, 0.3) is 15.2 Å². The Morgan fingerprint density at radius 3 is 2.71 bits per heavy atom. The predicted molar refractivity (Wildman–Crippen MR) is 68.0 cm³/mol. The normalized spacial score (nSPS) is 11.4. The number of benzene rings is 1. The zero-order valence-corrected chi connectivity index (χ0v) is 10.2. The maximum atomic E-state index is 11.8. The summed E-state index contributed by atoms with van der Waals surface area (Å²) >= 11 is 1.40. The van der Waals surface area contributed by atoms with Gasteiger partial charge >= 0.3 is 0 Å². The number of aromatic hydroxyl groups is 1. The van der Waals surface area contributed by atoms with Crippen LogP contribution in [0.1, 0.15) is 11.1 Å². The second kappa shape index (κ2) is 3.30. The molecule has 0 radical (unpaired) electrons. The molecule has 17 heavy (non-hydrogen) atoms. The molecule has 0 saturated heterocycles. The van der Waals surface area contributed by atoms with Crippen molar-refractivity contribution in [1.82, 2.24) is 9.38 Å². The number of aryl methyl sites for hydroxylation is 2. The number of hydrogen-bond donors (Lipinski definition) is 1. The average Bonchev–Trinajstić information content (AvgIpc) is 2.56. The van der Waals surface area contributed by atoms with Crippen molar-refractivity contribution in [3.05, 3.63) is 39.7 Å². The molecule has 3 aromatic rings. The third-order valence-electron chi connectivity index (χ3n) is 2.89. The Morgan fingerprint density at radius 2 is 1.94 bits per heavy atom. The van der Waals surface area contributed by atoms with Crippen molar-refractivity contribution < 1.29 is 5.11 Å². The van der Waals surface area contributed by atoms with Gasteiger partial charge in [0, 0.05) is 0 Å². The van der Waals surface area contributed by atoms with Crippen molar-refractivity contribution in [3.63, 3.8) is 0 Å². The Hall–Kier alpha value is -1.88. The van der Waals surface area contributed by atoms with Gasteiger partial charge in [-0.1, -0.05) is 11.3 Å². The zero-order valence-electron chi connectivity index (χ0n) is 9.39. The first kappa shape index (κ1) is 10.3. The van der Waals surface area contributed by atoms with Crippen LogP contribution in [0.2, 0.25) is 0 Å². The quantitative estimate of drug-likeness (QED) is 0.661. The first-order chi connectivity index (χ1) is 8.06. The molecule has 0 saturated carbocycles. The largest absolute Gasteiger partial charge is 0.493 e. The Bertz CT molecular complexity index is 801. The van der Waals surface area contributed by atoms with Crippen LogP contribution in [0.4, 0.5) is 0 Å². The fourth-order valence-corrected chi connectivity index (χ4v) is 2.98. The van der Waals surface area contributed by atoms with E-state index in [4.69, 9.17) is 0 Å². The lowest BCUT2D eigenvalue weighted by Gasteiger charge is -1.99. The molecule has 5 heteroatoms. The number of aromatic nitrogens is 2. The van der Waals surface area contributed by atoms with E-state index in [1.807, 2.05) is 26.0 Å². The summed E-state index contributed by atoms with van der Waals surface area (Å²) in [6, 6.07) is 5.16. The third kappa shape index (κ3) is 1.43. The van der Waals surface area contributed by atoms with Gasteiger partial charge in [-0.25, -0.2) is 0 Å². The minimum atomic E-state index is -0.248. The Balaban J connectivity index is 2.60. The van der Waals surface area contributed by atoms with E-state index in [0.29, 0.717) is 4.96 Å². The predicted octanol–water partition coefficient (Wildman–Crippen LogP) is 2.23. The molecule has 0 unspecified atom stereocenters. The molecule has 86 valence electrons. The molecule has 0 spiro atoms. The van der Waals surface area contributed by atoms with Crippen molar-refractivity contribution in [1.29, 1.82) is 0 Å². The highest BCUT2D eigenvalue weighted by atomic mass is 32.1. The molecule has 3 rings (SSSR count). The van der Waals surface area contributed by atoms with E-state index in [9.17, 15) is 9.90 Å². The lowest BCUT2D eigenvalue weighted by molar-refractivity contribution is 0.453. The van der Waals surface area contributed by atoms with Gasteiger partial charge in [0.2, 0.25) is 10.8 Å². The van der Waals surface area contributed by atoms with Gasteiger partial charge in [-0.2, -0.15) is 4.98 Å². The monoisotopic (exact) mass is 246 g/mol. The molecule has 1 aromatic carbocycles. The van der Waals surface area contributed by atoms with Gasteiger partial charge < -0.3 is 5.11 Å². The van der Waals surface area contributed by atoms with E-state index in [-0.39, 0.29) is 11.4 Å². The Morgan fingerprint density at radius 1 is 1.24 bits per heavy atom. The van der Waals surface area contributed by atoms with Crippen LogP contribution < -0.4 is 5.56 Å². The van der Waals surface area contributed by atoms with Crippen molar-refractivity contribution in [2.24, 2.45) is 0 Å². The van der Waals surface area contributed by atoms with E-state index < -0.39 is 0 Å². The average molecular weight is 246 g/mol. The second-order valence-corrected chi connectivity index (χ2v) is 5.09. The summed E-state index contributed by atoms with van der Waals surface area (Å²) in [6.07, 6.45) is 0. The fourth-order valence-electron chi connectivity index (χ4n) is 1.87. The van der Waals surface area contributed by atoms with Crippen molar-refractivity contribution >= 4 is 26.5 Å². The number of fused-ring (bicyclic) bond motifs is 3. The van der Waals surface area contributed by atoms with Crippen LogP contribution >= 0.6 is 11.3 Å². The van der Waals surface area contributed by atoms with Gasteiger partial charge in [-0.3, -0.25) is 9.20 Å². The van der Waals surface area contributed by atoms with Crippen LogP contribution in [0, 0.1) is 13.8 Å². The minimum absolute atomic E-state index is 0.227. The summed E-state index contributed by atoms with van der Waals surface area (Å²) in [5.74, 6) is -0.227. The van der Waals surface area contributed by atoms with Gasteiger partial charge in [0.05, 0.1) is 16.3 Å². The lowest BCUT2D eigenvalue weighted by Crippen LogP contribution is -2.11. The zero-order chi connectivity index (χ0) is 12.2. The molecule has 4 nitrogen and oxygen atoms in total. The Labute approximate surface area is 101 Å². The number of hydrogen-bond acceptors (Lipinski definition) is 4. The molecule has 1 N–H and O–H groups in total. The SMILES string of the molecule is Cc1cc2sc3nc(O)cc(=O)n3c2cc1C. The van der Waals surface area contributed by atoms with E-state index >= 15 is 0 Å². The van der Waals surface area contributed by atoms with Gasteiger partial charge in [0.1, 0.15) is 0 Å². The summed E-state index contributed by atoms with van der Waals surface area (Å²) in [4.78, 5) is 16.3. The van der Waals surface area contributed by atoms with E-state index in [1.54, 1.807) is 0 Å². The van der Waals surface area contributed by atoms with E-state index in [1.165, 1.54) is 21.3 Å². The number of thiazole rings is 1.